The van der Waals surface area contributed by atoms with Gasteiger partial charge in [0.1, 0.15) is 5.82 Å². The summed E-state index contributed by atoms with van der Waals surface area (Å²) in [5, 5.41) is 12.2. The molecule has 0 saturated carbocycles. The average molecular weight is 268 g/mol. The van der Waals surface area contributed by atoms with Gasteiger partial charge in [0.15, 0.2) is 0 Å². The molecule has 0 bridgehead atoms. The first-order chi connectivity index (χ1) is 9.70. The van der Waals surface area contributed by atoms with Crippen LogP contribution in [0.4, 0.5) is 4.39 Å². The van der Waals surface area contributed by atoms with Crippen LogP contribution in [-0.4, -0.2) is 6.54 Å². The Labute approximate surface area is 118 Å². The number of benzene rings is 2. The lowest BCUT2D eigenvalue weighted by molar-refractivity contribution is 0.559. The highest BCUT2D eigenvalue weighted by molar-refractivity contribution is 5.34. The first-order valence-electron chi connectivity index (χ1n) is 6.67. The van der Waals surface area contributed by atoms with Crippen LogP contribution in [0.3, 0.4) is 0 Å². The highest BCUT2D eigenvalue weighted by atomic mass is 19.1. The lowest BCUT2D eigenvalue weighted by Crippen LogP contribution is -2.21. The highest BCUT2D eigenvalue weighted by Crippen LogP contribution is 2.14. The third kappa shape index (κ3) is 3.66. The molecule has 0 radical (unpaired) electrons. The van der Waals surface area contributed by atoms with Crippen molar-refractivity contribution >= 4 is 0 Å². The Morgan fingerprint density at radius 1 is 1.20 bits per heavy atom. The normalized spacial score (nSPS) is 11.8. The van der Waals surface area contributed by atoms with Gasteiger partial charge in [-0.3, -0.25) is 0 Å². The molecular formula is C17H17FN2. The second-order valence-electron chi connectivity index (χ2n) is 4.75. The van der Waals surface area contributed by atoms with Crippen LogP contribution in [0.25, 0.3) is 0 Å². The van der Waals surface area contributed by atoms with Crippen LogP contribution in [-0.2, 0) is 6.42 Å². The van der Waals surface area contributed by atoms with Crippen molar-refractivity contribution in [1.82, 2.24) is 5.32 Å². The minimum Gasteiger partial charge on any atom is -0.310 e. The zero-order valence-corrected chi connectivity index (χ0v) is 11.4. The van der Waals surface area contributed by atoms with Crippen molar-refractivity contribution in [3.8, 4) is 6.07 Å². The van der Waals surface area contributed by atoms with E-state index < -0.39 is 0 Å². The highest BCUT2D eigenvalue weighted by Gasteiger charge is 2.06. The molecule has 2 aromatic rings. The molecule has 0 aromatic heterocycles. The molecule has 2 nitrogen and oxygen atoms in total. The van der Waals surface area contributed by atoms with E-state index in [0.29, 0.717) is 18.5 Å². The molecule has 3 heteroatoms. The van der Waals surface area contributed by atoms with Crippen molar-refractivity contribution in [2.45, 2.75) is 19.4 Å². The average Bonchev–Trinajstić information content (AvgIpc) is 2.49. The Morgan fingerprint density at radius 2 is 2.00 bits per heavy atom. The molecule has 0 aliphatic carbocycles. The molecule has 102 valence electrons. The zero-order chi connectivity index (χ0) is 14.4. The third-order valence-corrected chi connectivity index (χ3v) is 3.32. The summed E-state index contributed by atoms with van der Waals surface area (Å²) in [5.41, 5.74) is 2.45. The molecule has 2 aromatic carbocycles. The van der Waals surface area contributed by atoms with Gasteiger partial charge in [-0.1, -0.05) is 30.3 Å². The maximum absolute atomic E-state index is 13.5. The topological polar surface area (TPSA) is 35.8 Å². The van der Waals surface area contributed by atoms with Gasteiger partial charge >= 0.3 is 0 Å². The first-order valence-corrected chi connectivity index (χ1v) is 6.67. The van der Waals surface area contributed by atoms with Gasteiger partial charge in [-0.15, -0.1) is 0 Å². The molecule has 0 aliphatic rings. The fourth-order valence-electron chi connectivity index (χ4n) is 2.12. The molecule has 0 fully saturated rings. The van der Waals surface area contributed by atoms with Crippen LogP contribution >= 0.6 is 0 Å². The van der Waals surface area contributed by atoms with E-state index in [0.717, 1.165) is 11.1 Å². The predicted octanol–water partition coefficient (Wildman–Crippen LogP) is 3.59. The van der Waals surface area contributed by atoms with E-state index in [-0.39, 0.29) is 11.9 Å². The Balaban J connectivity index is 1.91. The van der Waals surface area contributed by atoms with E-state index in [1.165, 1.54) is 6.07 Å². The Kier molecular flexibility index (Phi) is 4.86. The standard InChI is InChI=1S/C17H17FN2/c1-13(16-7-4-5-14(11-16)12-19)20-10-9-15-6-2-3-8-17(15)18/h2-8,11,13,20H,9-10H2,1H3. The van der Waals surface area contributed by atoms with Gasteiger partial charge in [-0.05, 0) is 49.2 Å². The number of hydrogen-bond acceptors (Lipinski definition) is 2. The van der Waals surface area contributed by atoms with Crippen LogP contribution in [0, 0.1) is 17.1 Å². The number of nitrogens with zero attached hydrogens (tertiary/aromatic N) is 1. The smallest absolute Gasteiger partial charge is 0.126 e. The van der Waals surface area contributed by atoms with Gasteiger partial charge in [0.25, 0.3) is 0 Å². The van der Waals surface area contributed by atoms with E-state index >= 15 is 0 Å². The van der Waals surface area contributed by atoms with Crippen LogP contribution < -0.4 is 5.32 Å². The van der Waals surface area contributed by atoms with Crippen LogP contribution in [0.1, 0.15) is 29.7 Å². The third-order valence-electron chi connectivity index (χ3n) is 3.32. The Bertz CT molecular complexity index is 616. The second kappa shape index (κ2) is 6.83. The Morgan fingerprint density at radius 3 is 2.75 bits per heavy atom. The monoisotopic (exact) mass is 268 g/mol. The molecule has 2 rings (SSSR count). The second-order valence-corrected chi connectivity index (χ2v) is 4.75. The molecule has 20 heavy (non-hydrogen) atoms. The molecular weight excluding hydrogens is 251 g/mol. The van der Waals surface area contributed by atoms with Crippen LogP contribution in [0.15, 0.2) is 48.5 Å². The lowest BCUT2D eigenvalue weighted by Gasteiger charge is -2.14. The van der Waals surface area contributed by atoms with Crippen molar-refractivity contribution in [3.63, 3.8) is 0 Å². The van der Waals surface area contributed by atoms with Crippen molar-refractivity contribution in [3.05, 3.63) is 71.0 Å². The summed E-state index contributed by atoms with van der Waals surface area (Å²) >= 11 is 0. The summed E-state index contributed by atoms with van der Waals surface area (Å²) in [6, 6.07) is 16.6. The van der Waals surface area contributed by atoms with Crippen LogP contribution in [0.5, 0.6) is 0 Å². The zero-order valence-electron chi connectivity index (χ0n) is 11.4. The van der Waals surface area contributed by atoms with Gasteiger partial charge in [0, 0.05) is 6.04 Å². The van der Waals surface area contributed by atoms with E-state index in [1.54, 1.807) is 18.2 Å². The van der Waals surface area contributed by atoms with Crippen molar-refractivity contribution in [2.24, 2.45) is 0 Å². The quantitative estimate of drug-likeness (QED) is 0.899. The molecule has 0 saturated heterocycles. The maximum Gasteiger partial charge on any atom is 0.126 e. The summed E-state index contributed by atoms with van der Waals surface area (Å²) in [6.45, 7) is 2.73. The van der Waals surface area contributed by atoms with Gasteiger partial charge in [0.05, 0.1) is 11.6 Å². The lowest BCUT2D eigenvalue weighted by atomic mass is 10.1. The summed E-state index contributed by atoms with van der Waals surface area (Å²) in [5.74, 6) is -0.159. The van der Waals surface area contributed by atoms with E-state index in [2.05, 4.69) is 11.4 Å². The maximum atomic E-state index is 13.5. The van der Waals surface area contributed by atoms with E-state index in [9.17, 15) is 4.39 Å². The number of rotatable bonds is 5. The molecule has 0 amide bonds. The van der Waals surface area contributed by atoms with Crippen molar-refractivity contribution in [1.29, 1.82) is 5.26 Å². The van der Waals surface area contributed by atoms with Gasteiger partial charge < -0.3 is 5.32 Å². The van der Waals surface area contributed by atoms with Crippen LogP contribution in [0.2, 0.25) is 0 Å². The fourth-order valence-corrected chi connectivity index (χ4v) is 2.12. The molecule has 0 spiro atoms. The molecule has 1 atom stereocenters. The molecule has 1 N–H and O–H groups in total. The number of nitrogens with one attached hydrogen (secondary N) is 1. The van der Waals surface area contributed by atoms with E-state index in [4.69, 9.17) is 5.26 Å². The minimum atomic E-state index is -0.159. The van der Waals surface area contributed by atoms with Gasteiger partial charge in [-0.25, -0.2) is 4.39 Å². The number of hydrogen-bond donors (Lipinski definition) is 1. The molecule has 1 unspecified atom stereocenters. The first kappa shape index (κ1) is 14.2. The summed E-state index contributed by atoms with van der Waals surface area (Å²) in [4.78, 5) is 0. The summed E-state index contributed by atoms with van der Waals surface area (Å²) in [6.07, 6.45) is 0.648. The SMILES string of the molecule is CC(NCCc1ccccc1F)c1cccc(C#N)c1. The number of halogens is 1. The van der Waals surface area contributed by atoms with Crippen molar-refractivity contribution in [2.75, 3.05) is 6.54 Å². The minimum absolute atomic E-state index is 0.134. The summed E-state index contributed by atoms with van der Waals surface area (Å²) < 4.78 is 13.5. The number of nitriles is 1. The fraction of sp³-hybridized carbons (Fsp3) is 0.235. The van der Waals surface area contributed by atoms with Crippen molar-refractivity contribution < 1.29 is 4.39 Å². The van der Waals surface area contributed by atoms with E-state index in [1.807, 2.05) is 31.2 Å². The summed E-state index contributed by atoms with van der Waals surface area (Å²) in [7, 11) is 0. The predicted molar refractivity (Wildman–Crippen MR) is 77.7 cm³/mol. The molecule has 0 heterocycles. The Hall–Kier alpha value is -2.18. The largest absolute Gasteiger partial charge is 0.310 e. The molecule has 0 aliphatic heterocycles. The van der Waals surface area contributed by atoms with Gasteiger partial charge in [0.2, 0.25) is 0 Å². The van der Waals surface area contributed by atoms with Gasteiger partial charge in [-0.2, -0.15) is 5.26 Å².